The number of halogens is 1. The lowest BCUT2D eigenvalue weighted by atomic mass is 10.2. The summed E-state index contributed by atoms with van der Waals surface area (Å²) in [4.78, 5) is 11.3. The minimum atomic E-state index is -0.492. The molecule has 1 aromatic rings. The van der Waals surface area contributed by atoms with Crippen LogP contribution in [0.15, 0.2) is 24.3 Å². The van der Waals surface area contributed by atoms with E-state index in [4.69, 9.17) is 10.5 Å². The monoisotopic (exact) mass is 379 g/mol. The van der Waals surface area contributed by atoms with Gasteiger partial charge in [-0.1, -0.05) is 12.1 Å². The van der Waals surface area contributed by atoms with Crippen LogP contribution >= 0.6 is 34.4 Å². The Hall–Kier alpha value is -0.270. The molecule has 0 spiro atoms. The topological polar surface area (TPSA) is 52.3 Å². The minimum absolute atomic E-state index is 0.299. The lowest BCUT2D eigenvalue weighted by molar-refractivity contribution is -0.144. The third-order valence-corrected chi connectivity index (χ3v) is 4.13. The van der Waals surface area contributed by atoms with Crippen molar-refractivity contribution in [2.24, 2.45) is 5.73 Å². The first-order valence-corrected chi connectivity index (χ1v) is 8.11. The Bertz CT molecular complexity index is 370. The summed E-state index contributed by atoms with van der Waals surface area (Å²) in [6, 6.07) is 7.95. The summed E-state index contributed by atoms with van der Waals surface area (Å²) < 4.78 is 6.10. The van der Waals surface area contributed by atoms with Gasteiger partial charge >= 0.3 is 5.97 Å². The number of esters is 1. The van der Waals surface area contributed by atoms with Crippen LogP contribution in [0.5, 0.6) is 0 Å². The van der Waals surface area contributed by atoms with E-state index in [1.165, 1.54) is 9.13 Å². The van der Waals surface area contributed by atoms with Gasteiger partial charge in [0.25, 0.3) is 0 Å². The quantitative estimate of drug-likeness (QED) is 0.450. The minimum Gasteiger partial charge on any atom is -0.465 e. The molecule has 0 aromatic heterocycles. The van der Waals surface area contributed by atoms with Crippen molar-refractivity contribution in [2.75, 3.05) is 12.4 Å². The van der Waals surface area contributed by atoms with Crippen LogP contribution in [0.25, 0.3) is 0 Å². The van der Waals surface area contributed by atoms with Gasteiger partial charge < -0.3 is 10.5 Å². The Morgan fingerprint density at radius 2 is 2.11 bits per heavy atom. The van der Waals surface area contributed by atoms with Crippen molar-refractivity contribution in [3.05, 3.63) is 33.4 Å². The first-order valence-electron chi connectivity index (χ1n) is 5.88. The highest BCUT2D eigenvalue weighted by Gasteiger charge is 2.13. The second-order valence-electron chi connectivity index (χ2n) is 3.83. The van der Waals surface area contributed by atoms with Gasteiger partial charge in [0.1, 0.15) is 6.04 Å². The maximum Gasteiger partial charge on any atom is 0.322 e. The van der Waals surface area contributed by atoms with E-state index in [9.17, 15) is 4.79 Å². The van der Waals surface area contributed by atoms with Gasteiger partial charge in [0.15, 0.2) is 0 Å². The normalized spacial score (nSPS) is 12.2. The Morgan fingerprint density at radius 3 is 2.72 bits per heavy atom. The molecule has 0 bridgehead atoms. The number of rotatable bonds is 7. The highest BCUT2D eigenvalue weighted by molar-refractivity contribution is 14.1. The third kappa shape index (κ3) is 6.06. The zero-order valence-electron chi connectivity index (χ0n) is 10.4. The van der Waals surface area contributed by atoms with Gasteiger partial charge in [0.05, 0.1) is 6.61 Å². The third-order valence-electron chi connectivity index (χ3n) is 2.34. The number of benzene rings is 1. The molecule has 1 rings (SSSR count). The average molecular weight is 379 g/mol. The van der Waals surface area contributed by atoms with E-state index in [2.05, 4.69) is 46.9 Å². The number of carbonyl (C=O) groups is 1. The summed E-state index contributed by atoms with van der Waals surface area (Å²) >= 11 is 4.08. The SMILES string of the molecule is CCOC(=O)C(N)CCSCc1ccc(I)cc1. The maximum absolute atomic E-state index is 11.3. The molecular formula is C13H18INO2S. The van der Waals surface area contributed by atoms with Crippen molar-refractivity contribution < 1.29 is 9.53 Å². The summed E-state index contributed by atoms with van der Waals surface area (Å²) in [6.07, 6.45) is 0.661. The first-order chi connectivity index (χ1) is 8.63. The second-order valence-corrected chi connectivity index (χ2v) is 6.18. The number of ether oxygens (including phenoxy) is 1. The highest BCUT2D eigenvalue weighted by atomic mass is 127. The zero-order valence-corrected chi connectivity index (χ0v) is 13.4. The van der Waals surface area contributed by atoms with Crippen LogP contribution < -0.4 is 5.73 Å². The van der Waals surface area contributed by atoms with Crippen LogP contribution in [0.3, 0.4) is 0 Å². The Kier molecular flexibility index (Phi) is 7.69. The van der Waals surface area contributed by atoms with Gasteiger partial charge in [0, 0.05) is 9.32 Å². The van der Waals surface area contributed by atoms with Crippen LogP contribution in [0.1, 0.15) is 18.9 Å². The van der Waals surface area contributed by atoms with Gasteiger partial charge in [-0.2, -0.15) is 11.8 Å². The molecule has 0 amide bonds. The molecule has 2 N–H and O–H groups in total. The predicted octanol–water partition coefficient (Wildman–Crippen LogP) is 2.80. The van der Waals surface area contributed by atoms with Crippen molar-refractivity contribution in [3.8, 4) is 0 Å². The highest BCUT2D eigenvalue weighted by Crippen LogP contribution is 2.15. The Morgan fingerprint density at radius 1 is 1.44 bits per heavy atom. The van der Waals surface area contributed by atoms with Gasteiger partial charge in [-0.3, -0.25) is 4.79 Å². The number of thioether (sulfide) groups is 1. The molecular weight excluding hydrogens is 361 g/mol. The molecule has 0 aliphatic carbocycles. The molecule has 1 atom stereocenters. The van der Waals surface area contributed by atoms with Crippen LogP contribution in [0.2, 0.25) is 0 Å². The molecule has 100 valence electrons. The lowest BCUT2D eigenvalue weighted by Gasteiger charge is -2.09. The van der Waals surface area contributed by atoms with E-state index < -0.39 is 6.04 Å². The van der Waals surface area contributed by atoms with Gasteiger partial charge in [-0.15, -0.1) is 0 Å². The molecule has 1 unspecified atom stereocenters. The fourth-order valence-corrected chi connectivity index (χ4v) is 2.70. The molecule has 0 fully saturated rings. The molecule has 0 saturated heterocycles. The van der Waals surface area contributed by atoms with Crippen LogP contribution in [0, 0.1) is 3.57 Å². The molecule has 1 aromatic carbocycles. The first kappa shape index (κ1) is 15.8. The molecule has 3 nitrogen and oxygen atoms in total. The summed E-state index contributed by atoms with van der Waals surface area (Å²) in [5.74, 6) is 1.52. The zero-order chi connectivity index (χ0) is 13.4. The predicted molar refractivity (Wildman–Crippen MR) is 84.5 cm³/mol. The van der Waals surface area contributed by atoms with Crippen LogP contribution in [-0.4, -0.2) is 24.4 Å². The van der Waals surface area contributed by atoms with Crippen LogP contribution in [-0.2, 0) is 15.3 Å². The molecule has 0 saturated carbocycles. The van der Waals surface area contributed by atoms with Gasteiger partial charge in [-0.05, 0) is 59.4 Å². The second kappa shape index (κ2) is 8.77. The number of hydrogen-bond donors (Lipinski definition) is 1. The number of hydrogen-bond acceptors (Lipinski definition) is 4. The van der Waals surface area contributed by atoms with E-state index in [-0.39, 0.29) is 5.97 Å². The van der Waals surface area contributed by atoms with Crippen molar-refractivity contribution in [2.45, 2.75) is 25.1 Å². The van der Waals surface area contributed by atoms with Crippen molar-refractivity contribution >= 4 is 40.3 Å². The Labute approximate surface area is 126 Å². The largest absolute Gasteiger partial charge is 0.465 e. The summed E-state index contributed by atoms with van der Waals surface area (Å²) in [7, 11) is 0. The number of carbonyl (C=O) groups excluding carboxylic acids is 1. The van der Waals surface area contributed by atoms with Gasteiger partial charge in [-0.25, -0.2) is 0 Å². The summed E-state index contributed by atoms with van der Waals surface area (Å²) in [5.41, 5.74) is 7.01. The number of nitrogens with two attached hydrogens (primary N) is 1. The molecule has 5 heteroatoms. The lowest BCUT2D eigenvalue weighted by Crippen LogP contribution is -2.32. The average Bonchev–Trinajstić information content (AvgIpc) is 2.36. The standard InChI is InChI=1S/C13H18INO2S/c1-2-17-13(16)12(15)7-8-18-9-10-3-5-11(14)6-4-10/h3-6,12H,2,7-9,15H2,1H3. The van der Waals surface area contributed by atoms with Crippen molar-refractivity contribution in [3.63, 3.8) is 0 Å². The summed E-state index contributed by atoms with van der Waals surface area (Å²) in [6.45, 7) is 2.18. The molecule has 0 aliphatic rings. The summed E-state index contributed by atoms with van der Waals surface area (Å²) in [5, 5.41) is 0. The van der Waals surface area contributed by atoms with E-state index in [0.717, 1.165) is 11.5 Å². The molecule has 0 aliphatic heterocycles. The van der Waals surface area contributed by atoms with Crippen molar-refractivity contribution in [1.29, 1.82) is 0 Å². The maximum atomic E-state index is 11.3. The van der Waals surface area contributed by atoms with E-state index in [1.54, 1.807) is 18.7 Å². The van der Waals surface area contributed by atoms with E-state index >= 15 is 0 Å². The van der Waals surface area contributed by atoms with E-state index in [1.807, 2.05) is 0 Å². The fraction of sp³-hybridized carbons (Fsp3) is 0.462. The molecule has 0 radical (unpaired) electrons. The van der Waals surface area contributed by atoms with E-state index in [0.29, 0.717) is 13.0 Å². The van der Waals surface area contributed by atoms with Crippen LogP contribution in [0.4, 0.5) is 0 Å². The van der Waals surface area contributed by atoms with Gasteiger partial charge in [0.2, 0.25) is 0 Å². The Balaban J connectivity index is 2.18. The molecule has 0 heterocycles. The molecule has 18 heavy (non-hydrogen) atoms. The van der Waals surface area contributed by atoms with Crippen molar-refractivity contribution in [1.82, 2.24) is 0 Å². The fourth-order valence-electron chi connectivity index (χ4n) is 1.35. The smallest absolute Gasteiger partial charge is 0.322 e.